The average Bonchev–Trinajstić information content (AvgIpc) is 3.15. The first-order valence-electron chi connectivity index (χ1n) is 9.22. The van der Waals surface area contributed by atoms with E-state index in [0.29, 0.717) is 5.76 Å². The first-order chi connectivity index (χ1) is 13.7. The van der Waals surface area contributed by atoms with Crippen molar-refractivity contribution in [1.82, 2.24) is 0 Å². The fourth-order valence-electron chi connectivity index (χ4n) is 3.77. The normalized spacial score (nSPS) is 15.5. The molecule has 0 aromatic heterocycles. The van der Waals surface area contributed by atoms with E-state index in [9.17, 15) is 4.79 Å². The Morgan fingerprint density at radius 3 is 2.68 bits per heavy atom. The third-order valence-corrected chi connectivity index (χ3v) is 6.12. The molecule has 0 amide bonds. The van der Waals surface area contributed by atoms with Crippen LogP contribution in [0.25, 0.3) is 15.7 Å². The second kappa shape index (κ2) is 6.80. The first kappa shape index (κ1) is 17.0. The zero-order valence-electron chi connectivity index (χ0n) is 15.4. The van der Waals surface area contributed by atoms with Gasteiger partial charge in [0.25, 0.3) is 0 Å². The molecule has 3 aromatic rings. The highest BCUT2D eigenvalue weighted by Crippen LogP contribution is 2.46. The molecule has 0 aliphatic carbocycles. The molecule has 3 aromatic carbocycles. The number of allylic oxidation sites excluding steroid dienone is 2. The number of esters is 1. The van der Waals surface area contributed by atoms with Crippen LogP contribution in [-0.4, -0.2) is 16.3 Å². The van der Waals surface area contributed by atoms with Gasteiger partial charge in [0.1, 0.15) is 0 Å². The lowest BCUT2D eigenvalue weighted by molar-refractivity contribution is -0.360. The highest BCUT2D eigenvalue weighted by molar-refractivity contribution is 8.08. The molecule has 0 unspecified atom stereocenters. The summed E-state index contributed by atoms with van der Waals surface area (Å²) in [6.45, 7) is 1.46. The second-order valence-electron chi connectivity index (χ2n) is 6.75. The Bertz CT molecular complexity index is 1210. The molecule has 2 aliphatic heterocycles. The number of carbonyl (C=O) groups excluding carboxylic acids is 1. The predicted octanol–water partition coefficient (Wildman–Crippen LogP) is 5.88. The van der Waals surface area contributed by atoms with Crippen molar-refractivity contribution in [2.75, 3.05) is 0 Å². The van der Waals surface area contributed by atoms with Crippen LogP contribution in [-0.2, 0) is 9.53 Å². The summed E-state index contributed by atoms with van der Waals surface area (Å²) < 4.78 is 7.97. The molecule has 0 bridgehead atoms. The molecular formula is C24H18NO2S+. The molecule has 5 rings (SSSR count). The van der Waals surface area contributed by atoms with Crippen LogP contribution in [0.2, 0.25) is 0 Å². The minimum absolute atomic E-state index is 0.307. The van der Waals surface area contributed by atoms with Crippen molar-refractivity contribution >= 4 is 44.8 Å². The van der Waals surface area contributed by atoms with E-state index in [0.717, 1.165) is 38.6 Å². The van der Waals surface area contributed by atoms with Crippen LogP contribution in [0.15, 0.2) is 89.7 Å². The number of para-hydroxylation sites is 1. The molecular weight excluding hydrogens is 366 g/mol. The smallest absolute Gasteiger partial charge is 0.308 e. The number of fused-ring (bicyclic) bond motifs is 3. The number of hydrogen-bond donors (Lipinski definition) is 0. The summed E-state index contributed by atoms with van der Waals surface area (Å²) in [6.07, 6.45) is 4.89. The molecule has 0 saturated carbocycles. The lowest BCUT2D eigenvalue weighted by atomic mass is 10.0. The van der Waals surface area contributed by atoms with Crippen LogP contribution in [0.1, 0.15) is 18.9 Å². The summed E-state index contributed by atoms with van der Waals surface area (Å²) in [5.74, 6) is 0.341. The number of rotatable bonds is 2. The summed E-state index contributed by atoms with van der Waals surface area (Å²) in [4.78, 5) is 14.1. The lowest BCUT2D eigenvalue weighted by Crippen LogP contribution is -2.15. The monoisotopic (exact) mass is 384 g/mol. The van der Waals surface area contributed by atoms with Crippen molar-refractivity contribution < 1.29 is 14.1 Å². The van der Waals surface area contributed by atoms with Gasteiger partial charge in [0.15, 0.2) is 6.20 Å². The Balaban J connectivity index is 1.84. The van der Waals surface area contributed by atoms with E-state index in [1.165, 1.54) is 12.3 Å². The summed E-state index contributed by atoms with van der Waals surface area (Å²) in [7, 11) is 0. The third-order valence-electron chi connectivity index (χ3n) is 4.94. The Hall–Kier alpha value is -3.11. The van der Waals surface area contributed by atoms with Crippen LogP contribution in [0.5, 0.6) is 0 Å². The maximum Gasteiger partial charge on any atom is 0.308 e. The van der Waals surface area contributed by atoms with Gasteiger partial charge < -0.3 is 4.74 Å². The summed E-state index contributed by atoms with van der Waals surface area (Å²) in [5.41, 5.74) is 3.18. The van der Waals surface area contributed by atoms with Gasteiger partial charge in [-0.1, -0.05) is 66.4 Å². The van der Waals surface area contributed by atoms with E-state index >= 15 is 0 Å². The van der Waals surface area contributed by atoms with E-state index in [2.05, 4.69) is 59.3 Å². The first-order valence-corrected chi connectivity index (χ1v) is 10.0. The minimum atomic E-state index is -0.307. The summed E-state index contributed by atoms with van der Waals surface area (Å²) in [6, 6.07) is 22.9. The maximum atomic E-state index is 12.0. The largest absolute Gasteiger partial charge is 0.419 e. The topological polar surface area (TPSA) is 29.3 Å². The predicted molar refractivity (Wildman–Crippen MR) is 114 cm³/mol. The van der Waals surface area contributed by atoms with Crippen LogP contribution in [0.4, 0.5) is 5.69 Å². The number of ether oxygens (including phenoxy) is 1. The number of hydrogen-bond acceptors (Lipinski definition) is 3. The number of benzene rings is 3. The van der Waals surface area contributed by atoms with Crippen molar-refractivity contribution in [3.05, 3.63) is 90.3 Å². The van der Waals surface area contributed by atoms with Crippen molar-refractivity contribution in [2.45, 2.75) is 18.2 Å². The molecule has 0 N–H and O–H groups in total. The zero-order chi connectivity index (χ0) is 19.1. The van der Waals surface area contributed by atoms with Gasteiger partial charge in [-0.2, -0.15) is 4.58 Å². The second-order valence-corrected chi connectivity index (χ2v) is 7.81. The summed E-state index contributed by atoms with van der Waals surface area (Å²) in [5, 5.41) is 2.31. The van der Waals surface area contributed by atoms with E-state index in [1.807, 2.05) is 24.3 Å². The fourth-order valence-corrected chi connectivity index (χ4v) is 4.94. The molecule has 136 valence electrons. The van der Waals surface area contributed by atoms with Gasteiger partial charge in [-0.05, 0) is 22.9 Å². The molecule has 0 radical (unpaired) electrons. The lowest BCUT2D eigenvalue weighted by Gasteiger charge is -2.13. The van der Waals surface area contributed by atoms with Crippen LogP contribution in [0, 0.1) is 0 Å². The molecule has 0 atom stereocenters. The van der Waals surface area contributed by atoms with Gasteiger partial charge in [0.05, 0.1) is 16.2 Å². The third kappa shape index (κ3) is 2.77. The molecule has 28 heavy (non-hydrogen) atoms. The summed E-state index contributed by atoms with van der Waals surface area (Å²) >= 11 is 1.66. The Labute approximate surface area is 167 Å². The Morgan fingerprint density at radius 2 is 1.79 bits per heavy atom. The molecule has 3 nitrogen and oxygen atoms in total. The van der Waals surface area contributed by atoms with Crippen LogP contribution in [0.3, 0.4) is 0 Å². The fraction of sp³-hybridized carbons (Fsp3) is 0.0833. The number of thioether (sulfide) groups is 1. The van der Waals surface area contributed by atoms with Crippen LogP contribution < -0.4 is 0 Å². The highest BCUT2D eigenvalue weighted by atomic mass is 32.2. The SMILES string of the molecule is CC(=O)OC1=C(c2cccc3ccccc23)Sc2ccccc2[N+]2=C1CC=C2. The highest BCUT2D eigenvalue weighted by Gasteiger charge is 2.35. The molecule has 2 aliphatic rings. The number of carbonyl (C=O) groups is 1. The minimum Gasteiger partial charge on any atom is -0.419 e. The Morgan fingerprint density at radius 1 is 1.00 bits per heavy atom. The molecule has 0 spiro atoms. The molecule has 2 heterocycles. The van der Waals surface area contributed by atoms with E-state index in [-0.39, 0.29) is 5.97 Å². The maximum absolute atomic E-state index is 12.0. The average molecular weight is 384 g/mol. The van der Waals surface area contributed by atoms with Gasteiger partial charge in [-0.15, -0.1) is 0 Å². The standard InChI is InChI=1S/C24H18NO2S/c1-16(26)27-23-21-13-7-15-25(21)20-12-4-5-14-22(20)28-24(23)19-11-6-9-17-8-2-3-10-18(17)19/h2-12,14-15H,13H2,1H3/q+1. The van der Waals surface area contributed by atoms with E-state index in [4.69, 9.17) is 4.74 Å². The quantitative estimate of drug-likeness (QED) is 0.408. The van der Waals surface area contributed by atoms with Gasteiger partial charge in [0.2, 0.25) is 17.2 Å². The number of nitrogens with zero attached hydrogens (tertiary/aromatic N) is 1. The van der Waals surface area contributed by atoms with Crippen LogP contribution >= 0.6 is 11.8 Å². The van der Waals surface area contributed by atoms with E-state index in [1.54, 1.807) is 11.8 Å². The van der Waals surface area contributed by atoms with Gasteiger partial charge in [-0.25, -0.2) is 0 Å². The molecule has 0 saturated heterocycles. The van der Waals surface area contributed by atoms with Gasteiger partial charge in [-0.3, -0.25) is 4.79 Å². The van der Waals surface area contributed by atoms with Gasteiger partial charge >= 0.3 is 5.97 Å². The van der Waals surface area contributed by atoms with Crippen molar-refractivity contribution in [2.24, 2.45) is 0 Å². The van der Waals surface area contributed by atoms with Crippen molar-refractivity contribution in [1.29, 1.82) is 0 Å². The Kier molecular flexibility index (Phi) is 4.14. The molecule has 4 heteroatoms. The van der Waals surface area contributed by atoms with Gasteiger partial charge in [0, 0.05) is 18.6 Å². The van der Waals surface area contributed by atoms with Crippen molar-refractivity contribution in [3.63, 3.8) is 0 Å². The van der Waals surface area contributed by atoms with E-state index < -0.39 is 0 Å². The molecule has 0 fully saturated rings. The zero-order valence-corrected chi connectivity index (χ0v) is 16.2. The van der Waals surface area contributed by atoms with Crippen molar-refractivity contribution in [3.8, 4) is 0 Å².